The van der Waals surface area contributed by atoms with E-state index in [4.69, 9.17) is 14.2 Å². The molecule has 0 fully saturated rings. The Morgan fingerprint density at radius 2 is 1.83 bits per heavy atom. The van der Waals surface area contributed by atoms with E-state index >= 15 is 0 Å². The Bertz CT molecular complexity index is 687. The van der Waals surface area contributed by atoms with Crippen LogP contribution >= 0.6 is 0 Å². The first-order valence-electron chi connectivity index (χ1n) is 7.51. The first-order valence-corrected chi connectivity index (χ1v) is 7.51. The monoisotopic (exact) mass is 314 g/mol. The molecule has 2 aliphatic rings. The minimum Gasteiger partial charge on any atom is -0.460 e. The molecule has 1 unspecified atom stereocenters. The molecular formula is C18H18O5. The Morgan fingerprint density at radius 1 is 1.17 bits per heavy atom. The number of esters is 1. The quantitative estimate of drug-likeness (QED) is 0.798. The zero-order valence-corrected chi connectivity index (χ0v) is 13.1. The van der Waals surface area contributed by atoms with Crippen molar-refractivity contribution in [2.45, 2.75) is 25.2 Å². The van der Waals surface area contributed by atoms with Crippen LogP contribution in [0.4, 0.5) is 0 Å². The summed E-state index contributed by atoms with van der Waals surface area (Å²) in [6, 6.07) is 7.59. The van der Waals surface area contributed by atoms with E-state index in [1.54, 1.807) is 12.2 Å². The predicted octanol–water partition coefficient (Wildman–Crippen LogP) is 2.36. The van der Waals surface area contributed by atoms with Gasteiger partial charge in [-0.3, -0.25) is 9.59 Å². The van der Waals surface area contributed by atoms with Crippen molar-refractivity contribution in [1.29, 1.82) is 0 Å². The molecule has 120 valence electrons. The molecule has 0 amide bonds. The predicted molar refractivity (Wildman–Crippen MR) is 82.4 cm³/mol. The zero-order chi connectivity index (χ0) is 16.5. The van der Waals surface area contributed by atoms with Crippen molar-refractivity contribution in [1.82, 2.24) is 0 Å². The van der Waals surface area contributed by atoms with Gasteiger partial charge in [0.05, 0.1) is 0 Å². The minimum absolute atomic E-state index is 0.0510. The lowest BCUT2D eigenvalue weighted by Crippen LogP contribution is -2.38. The van der Waals surface area contributed by atoms with Gasteiger partial charge < -0.3 is 14.2 Å². The van der Waals surface area contributed by atoms with E-state index in [1.807, 2.05) is 31.2 Å². The van der Waals surface area contributed by atoms with E-state index in [-0.39, 0.29) is 12.4 Å². The normalized spacial score (nSPS) is 24.0. The number of allylic oxidation sites excluding steroid dienone is 2. The van der Waals surface area contributed by atoms with Crippen LogP contribution < -0.4 is 0 Å². The molecule has 1 spiro atoms. The van der Waals surface area contributed by atoms with Crippen LogP contribution in [0.25, 0.3) is 0 Å². The summed E-state index contributed by atoms with van der Waals surface area (Å²) in [4.78, 5) is 22.8. The van der Waals surface area contributed by atoms with Gasteiger partial charge in [-0.05, 0) is 31.2 Å². The van der Waals surface area contributed by atoms with E-state index in [9.17, 15) is 9.59 Å². The van der Waals surface area contributed by atoms with Crippen LogP contribution in [-0.4, -0.2) is 25.0 Å². The standard InChI is InChI=1S/C18H18O5/c1-3-22-18(12-21-13(2)19)16-7-5-4-6-15(16)17(23-18)10-8-14(20)9-11-17/h4-11H,3,12H2,1-2H3. The van der Waals surface area contributed by atoms with Crippen molar-refractivity contribution < 1.29 is 23.8 Å². The van der Waals surface area contributed by atoms with Crippen LogP contribution in [0, 0.1) is 0 Å². The molecule has 1 aliphatic carbocycles. The lowest BCUT2D eigenvalue weighted by Gasteiger charge is -2.32. The van der Waals surface area contributed by atoms with Crippen molar-refractivity contribution in [3.63, 3.8) is 0 Å². The van der Waals surface area contributed by atoms with Crippen molar-refractivity contribution in [2.75, 3.05) is 13.2 Å². The second-order valence-electron chi connectivity index (χ2n) is 5.48. The summed E-state index contributed by atoms with van der Waals surface area (Å²) in [6.07, 6.45) is 6.38. The smallest absolute Gasteiger partial charge is 0.302 e. The van der Waals surface area contributed by atoms with Gasteiger partial charge in [0.2, 0.25) is 5.79 Å². The lowest BCUT2D eigenvalue weighted by atomic mass is 9.87. The fraction of sp³-hybridized carbons (Fsp3) is 0.333. The van der Waals surface area contributed by atoms with Crippen LogP contribution in [0.2, 0.25) is 0 Å². The second kappa shape index (κ2) is 5.76. The van der Waals surface area contributed by atoms with Gasteiger partial charge in [0.1, 0.15) is 12.2 Å². The number of rotatable bonds is 4. The summed E-state index contributed by atoms with van der Waals surface area (Å²) in [6.45, 7) is 3.53. The van der Waals surface area contributed by atoms with Crippen LogP contribution in [0.5, 0.6) is 0 Å². The van der Waals surface area contributed by atoms with Gasteiger partial charge in [-0.1, -0.05) is 24.3 Å². The maximum absolute atomic E-state index is 11.5. The number of benzene rings is 1. The van der Waals surface area contributed by atoms with E-state index in [0.29, 0.717) is 6.61 Å². The first kappa shape index (κ1) is 15.6. The molecule has 1 aliphatic heterocycles. The molecule has 0 bridgehead atoms. The third kappa shape index (κ3) is 2.62. The fourth-order valence-corrected chi connectivity index (χ4v) is 3.00. The number of ketones is 1. The maximum Gasteiger partial charge on any atom is 0.302 e. The Labute approximate surface area is 134 Å². The van der Waals surface area contributed by atoms with Crippen LogP contribution in [0.1, 0.15) is 25.0 Å². The highest BCUT2D eigenvalue weighted by Crippen LogP contribution is 2.50. The van der Waals surface area contributed by atoms with Crippen LogP contribution in [0.3, 0.4) is 0 Å². The fourth-order valence-electron chi connectivity index (χ4n) is 3.00. The summed E-state index contributed by atoms with van der Waals surface area (Å²) in [7, 11) is 0. The van der Waals surface area contributed by atoms with Gasteiger partial charge in [-0.15, -0.1) is 0 Å². The summed E-state index contributed by atoms with van der Waals surface area (Å²) in [5, 5.41) is 0. The third-order valence-electron chi connectivity index (χ3n) is 3.93. The SMILES string of the molecule is CCOC1(COC(C)=O)OC2(C=CC(=O)C=C2)c2ccccc21. The van der Waals surface area contributed by atoms with Crippen molar-refractivity contribution in [2.24, 2.45) is 0 Å². The highest BCUT2D eigenvalue weighted by Gasteiger charge is 2.53. The highest BCUT2D eigenvalue weighted by molar-refractivity contribution is 6.00. The number of hydrogen-bond donors (Lipinski definition) is 0. The molecule has 5 heteroatoms. The van der Waals surface area contributed by atoms with Crippen molar-refractivity contribution in [3.8, 4) is 0 Å². The molecule has 0 aromatic heterocycles. The highest BCUT2D eigenvalue weighted by atomic mass is 16.7. The zero-order valence-electron chi connectivity index (χ0n) is 13.1. The average Bonchev–Trinajstić information content (AvgIpc) is 2.80. The Morgan fingerprint density at radius 3 is 2.43 bits per heavy atom. The molecule has 1 heterocycles. The molecular weight excluding hydrogens is 296 g/mol. The van der Waals surface area contributed by atoms with Gasteiger partial charge >= 0.3 is 5.97 Å². The van der Waals surface area contributed by atoms with Gasteiger partial charge in [0.15, 0.2) is 5.78 Å². The second-order valence-corrected chi connectivity index (χ2v) is 5.48. The van der Waals surface area contributed by atoms with Gasteiger partial charge in [-0.25, -0.2) is 0 Å². The number of hydrogen-bond acceptors (Lipinski definition) is 5. The number of ether oxygens (including phenoxy) is 3. The van der Waals surface area contributed by atoms with Crippen molar-refractivity contribution in [3.05, 3.63) is 59.7 Å². The number of fused-ring (bicyclic) bond motifs is 2. The molecule has 23 heavy (non-hydrogen) atoms. The van der Waals surface area contributed by atoms with Crippen molar-refractivity contribution >= 4 is 11.8 Å². The van der Waals surface area contributed by atoms with Crippen LogP contribution in [0.15, 0.2) is 48.6 Å². The summed E-state index contributed by atoms with van der Waals surface area (Å²) in [5.41, 5.74) is 0.784. The van der Waals surface area contributed by atoms with E-state index in [2.05, 4.69) is 0 Å². The van der Waals surface area contributed by atoms with E-state index < -0.39 is 17.4 Å². The lowest BCUT2D eigenvalue weighted by molar-refractivity contribution is -0.280. The Balaban J connectivity index is 2.09. The largest absolute Gasteiger partial charge is 0.460 e. The molecule has 0 radical (unpaired) electrons. The van der Waals surface area contributed by atoms with Gasteiger partial charge in [0, 0.05) is 24.7 Å². The van der Waals surface area contributed by atoms with Gasteiger partial charge in [-0.2, -0.15) is 0 Å². The molecule has 0 saturated carbocycles. The molecule has 1 aromatic carbocycles. The molecule has 1 atom stereocenters. The molecule has 5 nitrogen and oxygen atoms in total. The summed E-state index contributed by atoms with van der Waals surface area (Å²) < 4.78 is 17.3. The third-order valence-corrected chi connectivity index (χ3v) is 3.93. The van der Waals surface area contributed by atoms with E-state index in [1.165, 1.54) is 19.1 Å². The first-order chi connectivity index (χ1) is 11.0. The Kier molecular flexibility index (Phi) is 3.92. The Hall–Kier alpha value is -2.24. The molecule has 3 rings (SSSR count). The topological polar surface area (TPSA) is 61.8 Å². The average molecular weight is 314 g/mol. The molecule has 1 aromatic rings. The summed E-state index contributed by atoms with van der Waals surface area (Å²) in [5.74, 6) is -1.69. The maximum atomic E-state index is 11.5. The summed E-state index contributed by atoms with van der Waals surface area (Å²) >= 11 is 0. The van der Waals surface area contributed by atoms with Gasteiger partial charge in [0.25, 0.3) is 0 Å². The van der Waals surface area contributed by atoms with E-state index in [0.717, 1.165) is 11.1 Å². The number of carbonyl (C=O) groups is 2. The molecule has 0 N–H and O–H groups in total. The van der Waals surface area contributed by atoms with Crippen LogP contribution in [-0.2, 0) is 35.2 Å². The molecule has 0 saturated heterocycles. The number of carbonyl (C=O) groups excluding carboxylic acids is 2. The minimum atomic E-state index is -1.19.